The quantitative estimate of drug-likeness (QED) is 0.352. The zero-order chi connectivity index (χ0) is 31.0. The number of allylic oxidation sites excluding steroid dienone is 1. The van der Waals surface area contributed by atoms with Crippen LogP contribution in [0.25, 0.3) is 0 Å². The largest absolute Gasteiger partial charge is 0.393 e. The highest BCUT2D eigenvalue weighted by Crippen LogP contribution is 2.80. The molecule has 0 aromatic heterocycles. The molecule has 43 heavy (non-hydrogen) atoms. The number of aliphatic hydroxyl groups is 4. The molecule has 15 unspecified atom stereocenters. The third-order valence-corrected chi connectivity index (χ3v) is 14.6. The topological polar surface area (TPSA) is 118 Å². The van der Waals surface area contributed by atoms with Gasteiger partial charge in [-0.1, -0.05) is 39.3 Å². The molecule has 8 heteroatoms. The number of hydrogen-bond donors (Lipinski definition) is 4. The molecule has 244 valence electrons. The van der Waals surface area contributed by atoms with E-state index in [0.29, 0.717) is 30.8 Å². The standard InChI is InChI=1S/C35H56O8/c1-19(2)14-20-15-33(7,43-29-27(39)26(38)22(36)16-40-29)28-21-8-9-24-31(5)12-11-25(37)30(3,4)23(31)10-13-32(24,6)34(21)17-35(28,42-20)41-18-34/h14,20-29,36-39H,8-13,15-18H2,1-7H3. The van der Waals surface area contributed by atoms with Crippen LogP contribution in [-0.4, -0.2) is 81.8 Å². The Hall–Kier alpha value is -0.580. The molecule has 8 nitrogen and oxygen atoms in total. The molecular weight excluding hydrogens is 548 g/mol. The summed E-state index contributed by atoms with van der Waals surface area (Å²) in [7, 11) is 0. The van der Waals surface area contributed by atoms with Gasteiger partial charge in [-0.2, -0.15) is 0 Å². The number of rotatable bonds is 3. The van der Waals surface area contributed by atoms with E-state index in [1.807, 2.05) is 0 Å². The number of aliphatic hydroxyl groups excluding tert-OH is 4. The van der Waals surface area contributed by atoms with Gasteiger partial charge in [-0.3, -0.25) is 0 Å². The van der Waals surface area contributed by atoms with Crippen molar-refractivity contribution in [2.75, 3.05) is 13.2 Å². The van der Waals surface area contributed by atoms with Crippen molar-refractivity contribution < 1.29 is 39.4 Å². The lowest BCUT2D eigenvalue weighted by molar-refractivity contribution is -0.378. The van der Waals surface area contributed by atoms with E-state index in [1.165, 1.54) is 0 Å². The zero-order valence-corrected chi connectivity index (χ0v) is 27.3. The van der Waals surface area contributed by atoms with E-state index < -0.39 is 36.0 Å². The lowest BCUT2D eigenvalue weighted by Gasteiger charge is -2.70. The molecule has 0 radical (unpaired) electrons. The smallest absolute Gasteiger partial charge is 0.186 e. The molecule has 7 fully saturated rings. The van der Waals surface area contributed by atoms with E-state index >= 15 is 0 Å². The molecule has 7 aliphatic rings. The van der Waals surface area contributed by atoms with Crippen molar-refractivity contribution in [3.8, 4) is 0 Å². The summed E-state index contributed by atoms with van der Waals surface area (Å²) < 4.78 is 26.6. The lowest BCUT2D eigenvalue weighted by Crippen LogP contribution is -2.68. The minimum Gasteiger partial charge on any atom is -0.393 e. The van der Waals surface area contributed by atoms with E-state index in [4.69, 9.17) is 18.9 Å². The van der Waals surface area contributed by atoms with E-state index in [9.17, 15) is 20.4 Å². The van der Waals surface area contributed by atoms with E-state index in [2.05, 4.69) is 54.5 Å². The maximum atomic E-state index is 11.1. The van der Waals surface area contributed by atoms with Crippen LogP contribution in [0.5, 0.6) is 0 Å². The Morgan fingerprint density at radius 1 is 0.884 bits per heavy atom. The van der Waals surface area contributed by atoms with Gasteiger partial charge in [-0.25, -0.2) is 0 Å². The van der Waals surface area contributed by atoms with E-state index in [-0.39, 0.29) is 46.4 Å². The Morgan fingerprint density at radius 2 is 1.63 bits per heavy atom. The van der Waals surface area contributed by atoms with Crippen LogP contribution < -0.4 is 0 Å². The summed E-state index contributed by atoms with van der Waals surface area (Å²) in [5.74, 6) is 0.529. The summed E-state index contributed by atoms with van der Waals surface area (Å²) in [5, 5.41) is 42.6. The van der Waals surface area contributed by atoms with Crippen LogP contribution in [0.2, 0.25) is 0 Å². The maximum Gasteiger partial charge on any atom is 0.186 e. The average molecular weight is 605 g/mol. The van der Waals surface area contributed by atoms with Gasteiger partial charge in [-0.05, 0) is 93.3 Å². The van der Waals surface area contributed by atoms with Crippen molar-refractivity contribution in [2.45, 2.75) is 148 Å². The highest BCUT2D eigenvalue weighted by molar-refractivity contribution is 5.27. The summed E-state index contributed by atoms with van der Waals surface area (Å²) in [6, 6.07) is 0. The molecule has 3 aliphatic heterocycles. The zero-order valence-electron chi connectivity index (χ0n) is 27.3. The second-order valence-corrected chi connectivity index (χ2v) is 17.3. The fourth-order valence-electron chi connectivity index (χ4n) is 12.8. The Morgan fingerprint density at radius 3 is 2.35 bits per heavy atom. The van der Waals surface area contributed by atoms with Gasteiger partial charge < -0.3 is 39.4 Å². The molecule has 0 amide bonds. The van der Waals surface area contributed by atoms with Gasteiger partial charge in [0.2, 0.25) is 0 Å². The van der Waals surface area contributed by atoms with Gasteiger partial charge in [0.1, 0.15) is 18.3 Å². The summed E-state index contributed by atoms with van der Waals surface area (Å²) >= 11 is 0. The fraction of sp³-hybridized carbons (Fsp3) is 0.943. The van der Waals surface area contributed by atoms with Crippen molar-refractivity contribution in [1.82, 2.24) is 0 Å². The Kier molecular flexibility index (Phi) is 7.02. The van der Waals surface area contributed by atoms with Crippen LogP contribution in [0.15, 0.2) is 11.6 Å². The monoisotopic (exact) mass is 604 g/mol. The normalized spacial score (nSPS) is 58.6. The van der Waals surface area contributed by atoms with Crippen LogP contribution in [-0.2, 0) is 18.9 Å². The van der Waals surface area contributed by atoms with E-state index in [0.717, 1.165) is 50.5 Å². The third kappa shape index (κ3) is 4.03. The maximum absolute atomic E-state index is 11.1. The molecule has 4 aliphatic carbocycles. The minimum atomic E-state index is -1.34. The number of hydrogen-bond acceptors (Lipinski definition) is 8. The Balaban J connectivity index is 1.27. The molecule has 0 aromatic carbocycles. The molecule has 3 saturated heterocycles. The molecule has 3 heterocycles. The molecule has 4 saturated carbocycles. The molecule has 15 atom stereocenters. The SMILES string of the molecule is CC(C)=CC1CC(C)(OC2OCC(O)C(O)C2O)C2C3CCC4C5(C)CCC(O)C(C)(C)C5CCC4(C)C34COC2(C4)O1. The van der Waals surface area contributed by atoms with Gasteiger partial charge in [0.15, 0.2) is 12.1 Å². The predicted molar refractivity (Wildman–Crippen MR) is 160 cm³/mol. The molecule has 2 spiro atoms. The van der Waals surface area contributed by atoms with Crippen LogP contribution in [0.4, 0.5) is 0 Å². The van der Waals surface area contributed by atoms with Gasteiger partial charge in [0, 0.05) is 24.2 Å². The molecule has 7 rings (SSSR count). The fourth-order valence-corrected chi connectivity index (χ4v) is 12.8. The van der Waals surface area contributed by atoms with Gasteiger partial charge in [0.05, 0.1) is 31.0 Å². The van der Waals surface area contributed by atoms with Gasteiger partial charge in [-0.15, -0.1) is 0 Å². The third-order valence-electron chi connectivity index (χ3n) is 14.6. The van der Waals surface area contributed by atoms with Crippen molar-refractivity contribution in [3.05, 3.63) is 11.6 Å². The highest BCUT2D eigenvalue weighted by Gasteiger charge is 2.81. The van der Waals surface area contributed by atoms with Crippen LogP contribution in [0, 0.1) is 45.3 Å². The summed E-state index contributed by atoms with van der Waals surface area (Å²) in [6.45, 7) is 16.6. The minimum absolute atomic E-state index is 0.0525. The summed E-state index contributed by atoms with van der Waals surface area (Å²) in [5.41, 5.74) is 0.515. The molecule has 4 N–H and O–H groups in total. The average Bonchev–Trinajstić information content (AvgIpc) is 3.43. The first-order chi connectivity index (χ1) is 20.0. The van der Waals surface area contributed by atoms with Crippen molar-refractivity contribution in [3.63, 3.8) is 0 Å². The first-order valence-electron chi connectivity index (χ1n) is 17.0. The van der Waals surface area contributed by atoms with Crippen LogP contribution >= 0.6 is 0 Å². The van der Waals surface area contributed by atoms with E-state index in [1.54, 1.807) is 0 Å². The summed E-state index contributed by atoms with van der Waals surface area (Å²) in [6.07, 6.45) is 4.70. The Bertz CT molecular complexity index is 1150. The highest BCUT2D eigenvalue weighted by atomic mass is 16.7. The Labute approximate surface area is 257 Å². The molecule has 0 aromatic rings. The van der Waals surface area contributed by atoms with Crippen LogP contribution in [0.3, 0.4) is 0 Å². The number of ether oxygens (including phenoxy) is 4. The van der Waals surface area contributed by atoms with Crippen molar-refractivity contribution >= 4 is 0 Å². The molecular formula is C35H56O8. The summed E-state index contributed by atoms with van der Waals surface area (Å²) in [4.78, 5) is 0. The van der Waals surface area contributed by atoms with Crippen molar-refractivity contribution in [2.24, 2.45) is 45.3 Å². The molecule has 2 bridgehead atoms. The number of fused-ring (bicyclic) bond motifs is 4. The first-order valence-corrected chi connectivity index (χ1v) is 17.0. The van der Waals surface area contributed by atoms with Crippen LogP contribution in [0.1, 0.15) is 99.8 Å². The van der Waals surface area contributed by atoms with Gasteiger partial charge in [0.25, 0.3) is 0 Å². The van der Waals surface area contributed by atoms with Gasteiger partial charge >= 0.3 is 0 Å². The lowest BCUT2D eigenvalue weighted by atomic mass is 9.35. The second-order valence-electron chi connectivity index (χ2n) is 17.3. The second kappa shape index (κ2) is 9.72. The predicted octanol–water partition coefficient (Wildman–Crippen LogP) is 4.32. The first kappa shape index (κ1) is 31.0. The van der Waals surface area contributed by atoms with Crippen molar-refractivity contribution in [1.29, 1.82) is 0 Å².